The van der Waals surface area contributed by atoms with Gasteiger partial charge in [-0.15, -0.1) is 0 Å². The smallest absolute Gasteiger partial charge is 0.298 e. The summed E-state index contributed by atoms with van der Waals surface area (Å²) >= 11 is 7.54. The molecule has 0 aliphatic carbocycles. The number of nitrogens with one attached hydrogen (secondary N) is 1. The number of likely N-dealkylation sites (N-methyl/N-ethyl adjacent to an activating group) is 1. The molecular weight excluding hydrogens is 374 g/mol. The number of halogens is 1. The van der Waals surface area contributed by atoms with Crippen LogP contribution >= 0.6 is 22.9 Å². The molecule has 0 atom stereocenters. The third-order valence-corrected chi connectivity index (χ3v) is 5.64. The fraction of sp³-hybridized carbons (Fsp3) is 0.444. The lowest BCUT2D eigenvalue weighted by Gasteiger charge is -2.24. The maximum Gasteiger partial charge on any atom is 0.298 e. The number of quaternary nitrogens is 1. The maximum atomic E-state index is 13.0. The molecule has 8 heteroatoms. The van der Waals surface area contributed by atoms with Gasteiger partial charge in [-0.1, -0.05) is 22.9 Å². The number of aromatic nitrogens is 1. The Hall–Kier alpha value is -1.83. The second kappa shape index (κ2) is 8.70. The molecule has 0 radical (unpaired) electrons. The number of amides is 1. The van der Waals surface area contributed by atoms with Crippen molar-refractivity contribution < 1.29 is 19.2 Å². The Morgan fingerprint density at radius 1 is 1.35 bits per heavy atom. The van der Waals surface area contributed by atoms with Gasteiger partial charge in [-0.3, -0.25) is 9.69 Å². The van der Waals surface area contributed by atoms with Crippen LogP contribution in [0.2, 0.25) is 5.02 Å². The van der Waals surface area contributed by atoms with Crippen molar-refractivity contribution in [3.8, 4) is 0 Å². The first kappa shape index (κ1) is 18.9. The molecule has 0 saturated heterocycles. The summed E-state index contributed by atoms with van der Waals surface area (Å²) in [4.78, 5) is 20.8. The van der Waals surface area contributed by atoms with Gasteiger partial charge in [0.25, 0.3) is 5.91 Å². The number of thiazole rings is 1. The van der Waals surface area contributed by atoms with Crippen LogP contribution in [0.15, 0.2) is 30.2 Å². The number of fused-ring (bicyclic) bond motifs is 1. The first-order valence-corrected chi connectivity index (χ1v) is 9.98. The molecule has 1 amide bonds. The van der Waals surface area contributed by atoms with Gasteiger partial charge in [-0.2, -0.15) is 0 Å². The zero-order valence-electron chi connectivity index (χ0n) is 15.0. The highest BCUT2D eigenvalue weighted by molar-refractivity contribution is 7.22. The van der Waals surface area contributed by atoms with Crippen LogP contribution in [-0.2, 0) is 14.3 Å². The second-order valence-corrected chi connectivity index (χ2v) is 7.42. The summed E-state index contributed by atoms with van der Waals surface area (Å²) in [6, 6.07) is 5.55. The second-order valence-electron chi connectivity index (χ2n) is 5.97. The number of carbonyl (C=O) groups excluding carboxylic acids is 1. The zero-order valence-corrected chi connectivity index (χ0v) is 16.5. The molecule has 1 aromatic carbocycles. The van der Waals surface area contributed by atoms with Crippen molar-refractivity contribution in [2.24, 2.45) is 0 Å². The minimum atomic E-state index is -0.221. The number of rotatable bonds is 7. The maximum absolute atomic E-state index is 13.0. The molecule has 0 saturated carbocycles. The van der Waals surface area contributed by atoms with Gasteiger partial charge >= 0.3 is 0 Å². The third-order valence-electron chi connectivity index (χ3n) is 4.36. The molecule has 0 unspecified atom stereocenters. The Morgan fingerprint density at radius 2 is 2.15 bits per heavy atom. The number of carbonyl (C=O) groups is 1. The molecule has 0 fully saturated rings. The molecule has 6 nitrogen and oxygen atoms in total. The fourth-order valence-electron chi connectivity index (χ4n) is 2.77. The standard InChI is InChI=1S/C18H22ClN3O3S/c1-3-21(4-2)7-8-22(17(23)15-12-24-9-10-25-15)18-20-14-6-5-13(19)11-16(14)26-18/h5-6,11-12H,3-4,7-10H2,1-2H3/p+1. The Balaban J connectivity index is 1.89. The Morgan fingerprint density at radius 3 is 2.85 bits per heavy atom. The minimum absolute atomic E-state index is 0.221. The van der Waals surface area contributed by atoms with Crippen molar-refractivity contribution in [1.82, 2.24) is 4.98 Å². The van der Waals surface area contributed by atoms with Crippen LogP contribution in [0.4, 0.5) is 5.13 Å². The van der Waals surface area contributed by atoms with Gasteiger partial charge in [0.1, 0.15) is 19.5 Å². The lowest BCUT2D eigenvalue weighted by atomic mass is 10.3. The minimum Gasteiger partial charge on any atom is -0.494 e. The highest BCUT2D eigenvalue weighted by Gasteiger charge is 2.27. The first-order chi connectivity index (χ1) is 12.6. The third kappa shape index (κ3) is 4.28. The lowest BCUT2D eigenvalue weighted by molar-refractivity contribution is -0.894. The summed E-state index contributed by atoms with van der Waals surface area (Å²) in [5.41, 5.74) is 0.831. The molecule has 3 rings (SSSR count). The van der Waals surface area contributed by atoms with E-state index in [1.54, 1.807) is 11.0 Å². The normalized spacial score (nSPS) is 14.1. The summed E-state index contributed by atoms with van der Waals surface area (Å²) in [5, 5.41) is 1.30. The number of ether oxygens (including phenoxy) is 2. The molecule has 2 heterocycles. The van der Waals surface area contributed by atoms with E-state index in [0.29, 0.717) is 29.9 Å². The average Bonchev–Trinajstić information content (AvgIpc) is 3.08. The van der Waals surface area contributed by atoms with E-state index >= 15 is 0 Å². The van der Waals surface area contributed by atoms with Gasteiger partial charge in [0.15, 0.2) is 5.13 Å². The Labute approximate surface area is 162 Å². The monoisotopic (exact) mass is 396 g/mol. The Kier molecular flexibility index (Phi) is 6.34. The van der Waals surface area contributed by atoms with E-state index < -0.39 is 0 Å². The number of anilines is 1. The van der Waals surface area contributed by atoms with Crippen molar-refractivity contribution in [3.05, 3.63) is 35.2 Å². The number of nitrogens with zero attached hydrogens (tertiary/aromatic N) is 2. The van der Waals surface area contributed by atoms with Crippen LogP contribution in [0.5, 0.6) is 0 Å². The first-order valence-electron chi connectivity index (χ1n) is 8.78. The zero-order chi connectivity index (χ0) is 18.5. The van der Waals surface area contributed by atoms with Crippen LogP contribution in [0.3, 0.4) is 0 Å². The predicted molar refractivity (Wildman–Crippen MR) is 104 cm³/mol. The van der Waals surface area contributed by atoms with Crippen LogP contribution in [0, 0.1) is 0 Å². The molecule has 26 heavy (non-hydrogen) atoms. The van der Waals surface area contributed by atoms with Crippen molar-refractivity contribution in [1.29, 1.82) is 0 Å². The van der Waals surface area contributed by atoms with E-state index in [0.717, 1.165) is 29.9 Å². The molecule has 2 aromatic rings. The van der Waals surface area contributed by atoms with E-state index in [9.17, 15) is 4.79 Å². The van der Waals surface area contributed by atoms with Crippen molar-refractivity contribution in [2.45, 2.75) is 13.8 Å². The van der Waals surface area contributed by atoms with E-state index in [2.05, 4.69) is 18.8 Å². The molecule has 0 spiro atoms. The van der Waals surface area contributed by atoms with Gasteiger partial charge in [0.2, 0.25) is 5.76 Å². The fourth-order valence-corrected chi connectivity index (χ4v) is 4.04. The van der Waals surface area contributed by atoms with E-state index in [1.165, 1.54) is 22.5 Å². The summed E-state index contributed by atoms with van der Waals surface area (Å²) in [6.07, 6.45) is 1.40. The van der Waals surface area contributed by atoms with Crippen LogP contribution in [-0.4, -0.2) is 50.3 Å². The topological polar surface area (TPSA) is 56.1 Å². The van der Waals surface area contributed by atoms with Crippen molar-refractivity contribution in [2.75, 3.05) is 44.3 Å². The molecule has 0 bridgehead atoms. The number of hydrogen-bond acceptors (Lipinski definition) is 5. The molecule has 1 aliphatic heterocycles. The lowest BCUT2D eigenvalue weighted by Crippen LogP contribution is -3.12. The van der Waals surface area contributed by atoms with Crippen LogP contribution < -0.4 is 9.80 Å². The number of hydrogen-bond donors (Lipinski definition) is 1. The highest BCUT2D eigenvalue weighted by atomic mass is 35.5. The quantitative estimate of drug-likeness (QED) is 0.778. The van der Waals surface area contributed by atoms with Crippen molar-refractivity contribution >= 4 is 44.2 Å². The van der Waals surface area contributed by atoms with Gasteiger partial charge in [0, 0.05) is 5.02 Å². The summed E-state index contributed by atoms with van der Waals surface area (Å²) < 4.78 is 11.7. The Bertz CT molecular complexity index is 804. The predicted octanol–water partition coefficient (Wildman–Crippen LogP) is 2.10. The molecular formula is C18H23ClN3O3S+. The molecule has 1 aromatic heterocycles. The molecule has 1 N–H and O–H groups in total. The largest absolute Gasteiger partial charge is 0.494 e. The van der Waals surface area contributed by atoms with Crippen molar-refractivity contribution in [3.63, 3.8) is 0 Å². The van der Waals surface area contributed by atoms with Crippen LogP contribution in [0.25, 0.3) is 10.2 Å². The van der Waals surface area contributed by atoms with Gasteiger partial charge in [-0.05, 0) is 32.0 Å². The number of benzene rings is 1. The molecule has 140 valence electrons. The van der Waals surface area contributed by atoms with E-state index in [-0.39, 0.29) is 11.7 Å². The SMILES string of the molecule is CC[NH+](CC)CCN(C(=O)C1=COCCO1)c1nc2ccc(Cl)cc2s1. The van der Waals surface area contributed by atoms with Crippen LogP contribution in [0.1, 0.15) is 13.8 Å². The van der Waals surface area contributed by atoms with Gasteiger partial charge in [-0.25, -0.2) is 4.98 Å². The highest BCUT2D eigenvalue weighted by Crippen LogP contribution is 2.31. The average molecular weight is 397 g/mol. The summed E-state index contributed by atoms with van der Waals surface area (Å²) in [5.74, 6) is 0.00416. The summed E-state index contributed by atoms with van der Waals surface area (Å²) in [6.45, 7) is 8.54. The summed E-state index contributed by atoms with van der Waals surface area (Å²) in [7, 11) is 0. The van der Waals surface area contributed by atoms with Gasteiger partial charge < -0.3 is 14.4 Å². The molecule has 1 aliphatic rings. The van der Waals surface area contributed by atoms with E-state index in [1.807, 2.05) is 12.1 Å². The van der Waals surface area contributed by atoms with Gasteiger partial charge in [0.05, 0.1) is 36.4 Å². The van der Waals surface area contributed by atoms with E-state index in [4.69, 9.17) is 21.1 Å².